The summed E-state index contributed by atoms with van der Waals surface area (Å²) in [4.78, 5) is 17.3. The minimum atomic E-state index is -0.214. The van der Waals surface area contributed by atoms with Gasteiger partial charge in [-0.15, -0.1) is 0 Å². The molecule has 16 heavy (non-hydrogen) atoms. The maximum Gasteiger partial charge on any atom is 0.227 e. The predicted molar refractivity (Wildman–Crippen MR) is 58.3 cm³/mol. The van der Waals surface area contributed by atoms with E-state index in [0.717, 1.165) is 5.56 Å². The van der Waals surface area contributed by atoms with Crippen LogP contribution in [0.4, 0.5) is 4.39 Å². The third kappa shape index (κ3) is 2.66. The van der Waals surface area contributed by atoms with Crippen LogP contribution in [0.25, 0.3) is 0 Å². The number of aromatic nitrogens is 1. The summed E-state index contributed by atoms with van der Waals surface area (Å²) in [6, 6.07) is 3.60. The third-order valence-electron chi connectivity index (χ3n) is 2.56. The summed E-state index contributed by atoms with van der Waals surface area (Å²) >= 11 is 0. The first-order valence-electron chi connectivity index (χ1n) is 5.27. The first-order valence-corrected chi connectivity index (χ1v) is 5.27. The minimum absolute atomic E-state index is 0.0329. The topological polar surface area (TPSA) is 33.2 Å². The van der Waals surface area contributed by atoms with Crippen molar-refractivity contribution in [1.29, 1.82) is 0 Å². The zero-order chi connectivity index (χ0) is 11.4. The van der Waals surface area contributed by atoms with E-state index in [2.05, 4.69) is 4.98 Å². The number of pyridine rings is 1. The van der Waals surface area contributed by atoms with Gasteiger partial charge in [0.2, 0.25) is 5.91 Å². The summed E-state index contributed by atoms with van der Waals surface area (Å²) < 4.78 is 13.0. The van der Waals surface area contributed by atoms with Crippen molar-refractivity contribution in [3.63, 3.8) is 0 Å². The van der Waals surface area contributed by atoms with Gasteiger partial charge in [0.25, 0.3) is 0 Å². The van der Waals surface area contributed by atoms with Crippen LogP contribution in [0.2, 0.25) is 0 Å². The second-order valence-electron chi connectivity index (χ2n) is 3.79. The lowest BCUT2D eigenvalue weighted by atomic mass is 10.1. The Morgan fingerprint density at radius 3 is 2.88 bits per heavy atom. The molecule has 0 spiro atoms. The molecule has 0 aromatic carbocycles. The van der Waals surface area contributed by atoms with Gasteiger partial charge in [-0.05, 0) is 30.2 Å². The fourth-order valence-corrected chi connectivity index (χ4v) is 1.70. The number of rotatable bonds is 2. The van der Waals surface area contributed by atoms with Crippen LogP contribution in [-0.4, -0.2) is 28.9 Å². The zero-order valence-corrected chi connectivity index (χ0v) is 8.90. The Morgan fingerprint density at radius 2 is 2.19 bits per heavy atom. The molecular weight excluding hydrogens is 207 g/mol. The molecule has 0 aliphatic carbocycles. The van der Waals surface area contributed by atoms with Gasteiger partial charge in [-0.1, -0.05) is 0 Å². The highest BCUT2D eigenvalue weighted by atomic mass is 19.1. The van der Waals surface area contributed by atoms with Gasteiger partial charge in [0.15, 0.2) is 0 Å². The Morgan fingerprint density at radius 1 is 1.44 bits per heavy atom. The van der Waals surface area contributed by atoms with Gasteiger partial charge in [0.05, 0.1) is 13.0 Å². The van der Waals surface area contributed by atoms with Crippen LogP contribution in [0.3, 0.4) is 0 Å². The second-order valence-corrected chi connectivity index (χ2v) is 3.79. The van der Waals surface area contributed by atoms with E-state index < -0.39 is 0 Å². The molecule has 3 nitrogen and oxygen atoms in total. The number of hydrogen-bond donors (Lipinski definition) is 0. The van der Waals surface area contributed by atoms with E-state index in [1.165, 1.54) is 6.08 Å². The lowest BCUT2D eigenvalue weighted by Crippen LogP contribution is -2.36. The molecule has 0 atom stereocenters. The normalized spacial score (nSPS) is 15.8. The smallest absolute Gasteiger partial charge is 0.227 e. The number of carbonyl (C=O) groups excluding carboxylic acids is 1. The highest BCUT2D eigenvalue weighted by Gasteiger charge is 2.17. The van der Waals surface area contributed by atoms with Crippen LogP contribution in [0.1, 0.15) is 12.0 Å². The predicted octanol–water partition coefficient (Wildman–Crippen LogP) is 1.71. The summed E-state index contributed by atoms with van der Waals surface area (Å²) in [5.74, 6) is -0.247. The van der Waals surface area contributed by atoms with Gasteiger partial charge in [-0.2, -0.15) is 0 Å². The first-order chi connectivity index (χ1) is 7.75. The Balaban J connectivity index is 1.96. The molecule has 2 rings (SSSR count). The lowest BCUT2D eigenvalue weighted by Gasteiger charge is -2.24. The van der Waals surface area contributed by atoms with Gasteiger partial charge in [-0.3, -0.25) is 9.78 Å². The minimum Gasteiger partial charge on any atom is -0.335 e. The number of carbonyl (C=O) groups is 1. The molecule has 0 N–H and O–H groups in total. The van der Waals surface area contributed by atoms with Gasteiger partial charge in [-0.25, -0.2) is 4.39 Å². The molecule has 0 radical (unpaired) electrons. The van der Waals surface area contributed by atoms with E-state index in [4.69, 9.17) is 0 Å². The number of amides is 1. The Bertz CT molecular complexity index is 403. The third-order valence-corrected chi connectivity index (χ3v) is 2.56. The largest absolute Gasteiger partial charge is 0.335 e. The van der Waals surface area contributed by atoms with Crippen molar-refractivity contribution >= 4 is 5.91 Å². The molecule has 4 heteroatoms. The van der Waals surface area contributed by atoms with Crippen LogP contribution < -0.4 is 0 Å². The molecule has 2 heterocycles. The number of nitrogens with zero attached hydrogens (tertiary/aromatic N) is 2. The fraction of sp³-hybridized carbons (Fsp3) is 0.333. The average Bonchev–Trinajstić information content (AvgIpc) is 2.30. The van der Waals surface area contributed by atoms with E-state index in [0.29, 0.717) is 19.4 Å². The molecular formula is C12H13FN2O. The van der Waals surface area contributed by atoms with E-state index in [9.17, 15) is 9.18 Å². The molecule has 1 aromatic rings. The molecule has 0 saturated carbocycles. The fourth-order valence-electron chi connectivity index (χ4n) is 1.70. The molecule has 0 unspecified atom stereocenters. The molecule has 0 saturated heterocycles. The molecule has 0 fully saturated rings. The van der Waals surface area contributed by atoms with E-state index in [1.54, 1.807) is 29.4 Å². The first kappa shape index (κ1) is 10.8. The van der Waals surface area contributed by atoms with Crippen molar-refractivity contribution in [3.8, 4) is 0 Å². The number of hydrogen-bond acceptors (Lipinski definition) is 2. The molecule has 1 amide bonds. The Hall–Kier alpha value is -1.71. The molecule has 1 aromatic heterocycles. The summed E-state index contributed by atoms with van der Waals surface area (Å²) in [7, 11) is 0. The van der Waals surface area contributed by atoms with Crippen LogP contribution in [-0.2, 0) is 11.2 Å². The summed E-state index contributed by atoms with van der Waals surface area (Å²) in [6.07, 6.45) is 5.76. The molecule has 1 aliphatic rings. The average molecular weight is 220 g/mol. The maximum absolute atomic E-state index is 13.0. The zero-order valence-electron chi connectivity index (χ0n) is 8.90. The van der Waals surface area contributed by atoms with Crippen molar-refractivity contribution in [2.75, 3.05) is 13.1 Å². The van der Waals surface area contributed by atoms with Crippen molar-refractivity contribution in [3.05, 3.63) is 42.0 Å². The van der Waals surface area contributed by atoms with Crippen molar-refractivity contribution < 1.29 is 9.18 Å². The van der Waals surface area contributed by atoms with Gasteiger partial charge in [0, 0.05) is 18.9 Å². The van der Waals surface area contributed by atoms with Crippen LogP contribution in [0.15, 0.2) is 36.4 Å². The van der Waals surface area contributed by atoms with Gasteiger partial charge < -0.3 is 4.90 Å². The van der Waals surface area contributed by atoms with Crippen LogP contribution >= 0.6 is 0 Å². The highest BCUT2D eigenvalue weighted by Crippen LogP contribution is 2.12. The molecule has 0 bridgehead atoms. The van der Waals surface area contributed by atoms with Crippen LogP contribution in [0, 0.1) is 0 Å². The second kappa shape index (κ2) is 4.88. The van der Waals surface area contributed by atoms with Crippen molar-refractivity contribution in [1.82, 2.24) is 9.88 Å². The number of halogens is 1. The lowest BCUT2D eigenvalue weighted by molar-refractivity contribution is -0.130. The maximum atomic E-state index is 13.0. The van der Waals surface area contributed by atoms with Crippen molar-refractivity contribution in [2.45, 2.75) is 12.8 Å². The quantitative estimate of drug-likeness (QED) is 0.760. The van der Waals surface area contributed by atoms with E-state index >= 15 is 0 Å². The molecule has 1 aliphatic heterocycles. The molecule has 84 valence electrons. The van der Waals surface area contributed by atoms with E-state index in [1.807, 2.05) is 0 Å². The summed E-state index contributed by atoms with van der Waals surface area (Å²) in [5, 5.41) is 0. The van der Waals surface area contributed by atoms with Crippen molar-refractivity contribution in [2.24, 2.45) is 0 Å². The SMILES string of the molecule is O=C(Cc1ccncc1)N1CCC=C(F)C1. The Kier molecular flexibility index (Phi) is 3.29. The monoisotopic (exact) mass is 220 g/mol. The van der Waals surface area contributed by atoms with Gasteiger partial charge >= 0.3 is 0 Å². The standard InChI is InChI=1S/C12H13FN2O/c13-11-2-1-7-15(9-11)12(16)8-10-3-5-14-6-4-10/h2-6H,1,7-9H2. The highest BCUT2D eigenvalue weighted by molar-refractivity contribution is 5.79. The Labute approximate surface area is 93.6 Å². The summed E-state index contributed by atoms with van der Waals surface area (Å²) in [5.41, 5.74) is 0.912. The summed E-state index contributed by atoms with van der Waals surface area (Å²) in [6.45, 7) is 0.723. The van der Waals surface area contributed by atoms with Crippen LogP contribution in [0.5, 0.6) is 0 Å². The van der Waals surface area contributed by atoms with E-state index in [-0.39, 0.29) is 18.3 Å². The van der Waals surface area contributed by atoms with Gasteiger partial charge in [0.1, 0.15) is 5.83 Å².